The lowest BCUT2D eigenvalue weighted by Crippen LogP contribution is -2.00. The van der Waals surface area contributed by atoms with Gasteiger partial charge in [0.2, 0.25) is 0 Å². The zero-order chi connectivity index (χ0) is 13.0. The fourth-order valence-corrected chi connectivity index (χ4v) is 1.90. The topological polar surface area (TPSA) is 29.5 Å². The van der Waals surface area contributed by atoms with Gasteiger partial charge in [-0.15, -0.1) is 0 Å². The minimum atomic E-state index is -0.490. The molecule has 0 spiro atoms. The Labute approximate surface area is 110 Å². The lowest BCUT2D eigenvalue weighted by atomic mass is 10.2. The summed E-state index contributed by atoms with van der Waals surface area (Å²) in [5.41, 5.74) is 1.32. The van der Waals surface area contributed by atoms with Gasteiger partial charge in [0.25, 0.3) is 0 Å². The van der Waals surface area contributed by atoms with Crippen molar-refractivity contribution in [3.8, 4) is 5.75 Å². The van der Waals surface area contributed by atoms with Crippen LogP contribution in [-0.2, 0) is 13.2 Å². The average Bonchev–Trinajstić information content (AvgIpc) is 2.38. The molecule has 0 heterocycles. The van der Waals surface area contributed by atoms with Crippen LogP contribution in [-0.4, -0.2) is 5.11 Å². The van der Waals surface area contributed by atoms with Gasteiger partial charge in [0.05, 0.1) is 11.6 Å². The van der Waals surface area contributed by atoms with E-state index < -0.39 is 5.82 Å². The fraction of sp³-hybridized carbons (Fsp3) is 0.143. The first-order valence-electron chi connectivity index (χ1n) is 5.46. The number of ether oxygens (including phenoxy) is 1. The van der Waals surface area contributed by atoms with Gasteiger partial charge in [-0.3, -0.25) is 0 Å². The zero-order valence-corrected chi connectivity index (χ0v) is 10.3. The number of halogens is 2. The normalized spacial score (nSPS) is 10.4. The summed E-state index contributed by atoms with van der Waals surface area (Å²) in [5, 5.41) is 9.32. The first kappa shape index (κ1) is 12.9. The van der Waals surface area contributed by atoms with E-state index in [0.717, 1.165) is 5.56 Å². The van der Waals surface area contributed by atoms with Crippen molar-refractivity contribution in [3.05, 3.63) is 64.4 Å². The lowest BCUT2D eigenvalue weighted by molar-refractivity contribution is 0.258. The second-order valence-electron chi connectivity index (χ2n) is 3.81. The highest BCUT2D eigenvalue weighted by molar-refractivity contribution is 6.32. The number of hydrogen-bond donors (Lipinski definition) is 1. The highest BCUT2D eigenvalue weighted by atomic mass is 35.5. The molecule has 2 aromatic carbocycles. The number of aliphatic hydroxyl groups is 1. The quantitative estimate of drug-likeness (QED) is 0.917. The van der Waals surface area contributed by atoms with Crippen LogP contribution in [0.5, 0.6) is 5.75 Å². The summed E-state index contributed by atoms with van der Waals surface area (Å²) < 4.78 is 18.6. The Kier molecular flexibility index (Phi) is 4.18. The minimum absolute atomic E-state index is 0.162. The second kappa shape index (κ2) is 5.85. The Balaban J connectivity index is 2.19. The fourth-order valence-electron chi connectivity index (χ4n) is 1.62. The first-order chi connectivity index (χ1) is 8.70. The summed E-state index contributed by atoms with van der Waals surface area (Å²) in [7, 11) is 0. The van der Waals surface area contributed by atoms with Crippen LogP contribution in [0.25, 0.3) is 0 Å². The van der Waals surface area contributed by atoms with Gasteiger partial charge in [0.1, 0.15) is 18.2 Å². The second-order valence-corrected chi connectivity index (χ2v) is 4.22. The van der Waals surface area contributed by atoms with Crippen molar-refractivity contribution in [1.29, 1.82) is 0 Å². The van der Waals surface area contributed by atoms with Crippen molar-refractivity contribution in [3.63, 3.8) is 0 Å². The summed E-state index contributed by atoms with van der Waals surface area (Å²) in [6.45, 7) is 0.000789. The largest absolute Gasteiger partial charge is 0.487 e. The molecule has 0 unspecified atom stereocenters. The third-order valence-corrected chi connectivity index (χ3v) is 2.76. The van der Waals surface area contributed by atoms with Gasteiger partial charge < -0.3 is 9.84 Å². The Morgan fingerprint density at radius 1 is 1.17 bits per heavy atom. The standard InChI is InChI=1S/C14H12ClFO2/c15-13-7-12(16)6-11(8-17)14(13)18-9-10-4-2-1-3-5-10/h1-7,17H,8-9H2. The Morgan fingerprint density at radius 3 is 2.56 bits per heavy atom. The summed E-state index contributed by atoms with van der Waals surface area (Å²) in [4.78, 5) is 0. The lowest BCUT2D eigenvalue weighted by Gasteiger charge is -2.12. The van der Waals surface area contributed by atoms with E-state index >= 15 is 0 Å². The zero-order valence-electron chi connectivity index (χ0n) is 9.57. The van der Waals surface area contributed by atoms with E-state index in [1.165, 1.54) is 12.1 Å². The monoisotopic (exact) mass is 266 g/mol. The Hall–Kier alpha value is -1.58. The van der Waals surface area contributed by atoms with Gasteiger partial charge in [-0.25, -0.2) is 4.39 Å². The Morgan fingerprint density at radius 2 is 1.89 bits per heavy atom. The molecule has 0 aliphatic carbocycles. The molecule has 1 N–H and O–H groups in total. The molecule has 4 heteroatoms. The molecule has 0 radical (unpaired) electrons. The summed E-state index contributed by atoms with van der Waals surface area (Å²) in [6.07, 6.45) is 0. The number of rotatable bonds is 4. The number of benzene rings is 2. The highest BCUT2D eigenvalue weighted by Crippen LogP contribution is 2.30. The molecule has 18 heavy (non-hydrogen) atoms. The summed E-state index contributed by atoms with van der Waals surface area (Å²) >= 11 is 5.90. The molecule has 0 fully saturated rings. The van der Waals surface area contributed by atoms with Crippen molar-refractivity contribution in [2.75, 3.05) is 0 Å². The summed E-state index contributed by atoms with van der Waals surface area (Å²) in [6, 6.07) is 11.9. The van der Waals surface area contributed by atoms with Gasteiger partial charge in [-0.1, -0.05) is 41.9 Å². The molecule has 2 aromatic rings. The molecule has 0 amide bonds. The van der Waals surface area contributed by atoms with Gasteiger partial charge in [0, 0.05) is 5.56 Å². The molecule has 0 aromatic heterocycles. The van der Waals surface area contributed by atoms with Crippen LogP contribution < -0.4 is 4.74 Å². The smallest absolute Gasteiger partial charge is 0.144 e. The van der Waals surface area contributed by atoms with E-state index in [4.69, 9.17) is 21.4 Å². The van der Waals surface area contributed by atoms with Crippen LogP contribution in [0.1, 0.15) is 11.1 Å². The van der Waals surface area contributed by atoms with E-state index in [1.807, 2.05) is 30.3 Å². The van der Waals surface area contributed by atoms with Crippen molar-refractivity contribution >= 4 is 11.6 Å². The van der Waals surface area contributed by atoms with E-state index in [9.17, 15) is 4.39 Å². The van der Waals surface area contributed by atoms with Gasteiger partial charge in [0.15, 0.2) is 0 Å². The molecular formula is C14H12ClFO2. The predicted octanol–water partition coefficient (Wildman–Crippen LogP) is 3.55. The van der Waals surface area contributed by atoms with E-state index in [1.54, 1.807) is 0 Å². The third-order valence-electron chi connectivity index (χ3n) is 2.48. The van der Waals surface area contributed by atoms with E-state index in [2.05, 4.69) is 0 Å². The summed E-state index contributed by atoms with van der Waals surface area (Å²) in [5.74, 6) is -0.166. The molecule has 2 rings (SSSR count). The SMILES string of the molecule is OCc1cc(F)cc(Cl)c1OCc1ccccc1. The van der Waals surface area contributed by atoms with Gasteiger partial charge in [-0.05, 0) is 17.7 Å². The van der Waals surface area contributed by atoms with Crippen LogP contribution >= 0.6 is 11.6 Å². The predicted molar refractivity (Wildman–Crippen MR) is 68.1 cm³/mol. The number of hydrogen-bond acceptors (Lipinski definition) is 2. The van der Waals surface area contributed by atoms with Crippen molar-refractivity contribution < 1.29 is 14.2 Å². The van der Waals surface area contributed by atoms with Gasteiger partial charge in [-0.2, -0.15) is 0 Å². The number of aliphatic hydroxyl groups excluding tert-OH is 1. The van der Waals surface area contributed by atoms with Gasteiger partial charge >= 0.3 is 0 Å². The third kappa shape index (κ3) is 3.00. The average molecular weight is 267 g/mol. The molecular weight excluding hydrogens is 255 g/mol. The van der Waals surface area contributed by atoms with Crippen molar-refractivity contribution in [2.45, 2.75) is 13.2 Å². The van der Waals surface area contributed by atoms with Crippen molar-refractivity contribution in [1.82, 2.24) is 0 Å². The molecule has 2 nitrogen and oxygen atoms in total. The van der Waals surface area contributed by atoms with E-state index in [-0.39, 0.29) is 11.6 Å². The maximum Gasteiger partial charge on any atom is 0.144 e. The maximum atomic E-state index is 13.1. The van der Waals surface area contributed by atoms with Crippen LogP contribution in [0.15, 0.2) is 42.5 Å². The first-order valence-corrected chi connectivity index (χ1v) is 5.84. The molecule has 0 aliphatic rings. The molecule has 0 saturated heterocycles. The van der Waals surface area contributed by atoms with Crippen LogP contribution in [0.4, 0.5) is 4.39 Å². The van der Waals surface area contributed by atoms with Crippen LogP contribution in [0, 0.1) is 5.82 Å². The van der Waals surface area contributed by atoms with E-state index in [0.29, 0.717) is 17.9 Å². The highest BCUT2D eigenvalue weighted by Gasteiger charge is 2.10. The molecule has 0 saturated carbocycles. The minimum Gasteiger partial charge on any atom is -0.487 e. The maximum absolute atomic E-state index is 13.1. The molecule has 0 bridgehead atoms. The van der Waals surface area contributed by atoms with Crippen LogP contribution in [0.3, 0.4) is 0 Å². The van der Waals surface area contributed by atoms with Crippen molar-refractivity contribution in [2.24, 2.45) is 0 Å². The van der Waals surface area contributed by atoms with Crippen LogP contribution in [0.2, 0.25) is 5.02 Å². The Bertz CT molecular complexity index is 529. The molecule has 0 aliphatic heterocycles. The molecule has 0 atom stereocenters. The molecule has 94 valence electrons.